The Hall–Kier alpha value is -0.960. The Balaban J connectivity index is 1.81. The van der Waals surface area contributed by atoms with Gasteiger partial charge < -0.3 is 10.6 Å². The summed E-state index contributed by atoms with van der Waals surface area (Å²) < 4.78 is 26.3. The van der Waals surface area contributed by atoms with E-state index in [0.717, 1.165) is 35.1 Å². The van der Waals surface area contributed by atoms with Crippen LogP contribution in [0.25, 0.3) is 0 Å². The van der Waals surface area contributed by atoms with Crippen molar-refractivity contribution in [2.45, 2.75) is 13.3 Å². The molecule has 1 saturated heterocycles. The molecule has 0 aliphatic carbocycles. The maximum atomic E-state index is 12.4. The standard InChI is InChI=1S/C17H27ClN4O2S2/c1-2-19-17(20-7-6-15-4-3-5-16(18)14-15)21-8-13-26(23,24)22-9-11-25-12-10-22/h3-5,14H,2,6-13H2,1H3,(H2,19,20,21). The predicted molar refractivity (Wildman–Crippen MR) is 112 cm³/mol. The fourth-order valence-electron chi connectivity index (χ4n) is 2.59. The molecule has 2 N–H and O–H groups in total. The monoisotopic (exact) mass is 418 g/mol. The zero-order valence-electron chi connectivity index (χ0n) is 15.1. The Labute approximate surface area is 165 Å². The van der Waals surface area contributed by atoms with E-state index in [9.17, 15) is 8.42 Å². The first kappa shape index (κ1) is 21.3. The molecule has 0 aromatic heterocycles. The summed E-state index contributed by atoms with van der Waals surface area (Å²) in [5, 5.41) is 7.11. The highest BCUT2D eigenvalue weighted by Gasteiger charge is 2.23. The first-order valence-corrected chi connectivity index (χ1v) is 12.0. The fraction of sp³-hybridized carbons (Fsp3) is 0.588. The lowest BCUT2D eigenvalue weighted by atomic mass is 10.1. The smallest absolute Gasteiger partial charge is 0.215 e. The highest BCUT2D eigenvalue weighted by atomic mass is 35.5. The number of nitrogens with one attached hydrogen (secondary N) is 2. The molecule has 1 aliphatic rings. The van der Waals surface area contributed by atoms with Gasteiger partial charge in [0.1, 0.15) is 0 Å². The number of guanidine groups is 1. The largest absolute Gasteiger partial charge is 0.357 e. The molecule has 0 atom stereocenters. The number of aliphatic imine (C=N–C) groups is 1. The highest BCUT2D eigenvalue weighted by molar-refractivity contribution is 7.99. The van der Waals surface area contributed by atoms with E-state index in [-0.39, 0.29) is 12.3 Å². The van der Waals surface area contributed by atoms with Gasteiger partial charge in [-0.2, -0.15) is 11.8 Å². The third-order valence-corrected chi connectivity index (χ3v) is 6.95. The molecule has 9 heteroatoms. The molecule has 0 radical (unpaired) electrons. The van der Waals surface area contributed by atoms with Gasteiger partial charge in [0.05, 0.1) is 12.3 Å². The van der Waals surface area contributed by atoms with Gasteiger partial charge in [0.15, 0.2) is 5.96 Å². The van der Waals surface area contributed by atoms with Crippen molar-refractivity contribution in [3.63, 3.8) is 0 Å². The van der Waals surface area contributed by atoms with Gasteiger partial charge in [-0.15, -0.1) is 0 Å². The quantitative estimate of drug-likeness (QED) is 0.497. The van der Waals surface area contributed by atoms with Crippen molar-refractivity contribution in [1.29, 1.82) is 0 Å². The molecule has 0 amide bonds. The highest BCUT2D eigenvalue weighted by Crippen LogP contribution is 2.13. The van der Waals surface area contributed by atoms with E-state index in [1.54, 1.807) is 16.1 Å². The van der Waals surface area contributed by atoms with E-state index < -0.39 is 10.0 Å². The number of thioether (sulfide) groups is 1. The topological polar surface area (TPSA) is 73.8 Å². The Morgan fingerprint density at radius 2 is 2.08 bits per heavy atom. The molecule has 0 bridgehead atoms. The Morgan fingerprint density at radius 1 is 1.31 bits per heavy atom. The summed E-state index contributed by atoms with van der Waals surface area (Å²) >= 11 is 7.79. The third-order valence-electron chi connectivity index (χ3n) is 3.92. The molecule has 0 unspecified atom stereocenters. The van der Waals surface area contributed by atoms with E-state index >= 15 is 0 Å². The summed E-state index contributed by atoms with van der Waals surface area (Å²) in [6.07, 6.45) is 0.814. The van der Waals surface area contributed by atoms with Gasteiger partial charge in [-0.1, -0.05) is 23.7 Å². The molecule has 1 aromatic rings. The molecule has 1 aromatic carbocycles. The van der Waals surface area contributed by atoms with Crippen molar-refractivity contribution >= 4 is 39.3 Å². The lowest BCUT2D eigenvalue weighted by Gasteiger charge is -2.25. The van der Waals surface area contributed by atoms with Crippen LogP contribution in [0.1, 0.15) is 12.5 Å². The Bertz CT molecular complexity index is 692. The van der Waals surface area contributed by atoms with Gasteiger partial charge in [-0.25, -0.2) is 12.7 Å². The maximum Gasteiger partial charge on any atom is 0.215 e. The maximum absolute atomic E-state index is 12.4. The molecule has 26 heavy (non-hydrogen) atoms. The van der Waals surface area contributed by atoms with Gasteiger partial charge in [0.2, 0.25) is 10.0 Å². The minimum atomic E-state index is -3.22. The van der Waals surface area contributed by atoms with Crippen LogP contribution in [-0.4, -0.2) is 68.7 Å². The van der Waals surface area contributed by atoms with Crippen LogP contribution in [0.3, 0.4) is 0 Å². The zero-order valence-corrected chi connectivity index (χ0v) is 17.5. The van der Waals surface area contributed by atoms with E-state index in [4.69, 9.17) is 11.6 Å². The summed E-state index contributed by atoms with van der Waals surface area (Å²) in [7, 11) is -3.22. The number of benzene rings is 1. The fourth-order valence-corrected chi connectivity index (χ4v) is 5.25. The van der Waals surface area contributed by atoms with Gasteiger partial charge in [-0.3, -0.25) is 4.99 Å². The molecule has 2 rings (SSSR count). The second kappa shape index (κ2) is 11.0. The minimum Gasteiger partial charge on any atom is -0.357 e. The summed E-state index contributed by atoms with van der Waals surface area (Å²) in [6.45, 7) is 4.86. The van der Waals surface area contributed by atoms with E-state index in [2.05, 4.69) is 15.6 Å². The molecule has 1 fully saturated rings. The van der Waals surface area contributed by atoms with Crippen LogP contribution in [0.2, 0.25) is 5.02 Å². The van der Waals surface area contributed by atoms with Gasteiger partial charge in [0.25, 0.3) is 0 Å². The van der Waals surface area contributed by atoms with Crippen molar-refractivity contribution in [3.05, 3.63) is 34.9 Å². The minimum absolute atomic E-state index is 0.0442. The van der Waals surface area contributed by atoms with Crippen molar-refractivity contribution in [1.82, 2.24) is 14.9 Å². The normalized spacial score (nSPS) is 16.5. The first-order valence-electron chi connectivity index (χ1n) is 8.83. The summed E-state index contributed by atoms with van der Waals surface area (Å²) in [5.74, 6) is 2.42. The number of halogens is 1. The lowest BCUT2D eigenvalue weighted by molar-refractivity contribution is 0.444. The predicted octanol–water partition coefficient (Wildman–Crippen LogP) is 1.82. The van der Waals surface area contributed by atoms with Crippen LogP contribution in [0.4, 0.5) is 0 Å². The van der Waals surface area contributed by atoms with Crippen molar-refractivity contribution in [2.24, 2.45) is 4.99 Å². The van der Waals surface area contributed by atoms with Crippen molar-refractivity contribution < 1.29 is 8.42 Å². The average molecular weight is 419 g/mol. The molecule has 146 valence electrons. The van der Waals surface area contributed by atoms with Crippen LogP contribution in [-0.2, 0) is 16.4 Å². The van der Waals surface area contributed by atoms with Crippen LogP contribution >= 0.6 is 23.4 Å². The number of hydrogen-bond donors (Lipinski definition) is 2. The van der Waals surface area contributed by atoms with Crippen LogP contribution in [0.5, 0.6) is 0 Å². The van der Waals surface area contributed by atoms with Gasteiger partial charge in [-0.05, 0) is 31.0 Å². The Kier molecular flexibility index (Phi) is 9.04. The molecular weight excluding hydrogens is 392 g/mol. The molecular formula is C17H27ClN4O2S2. The second-order valence-corrected chi connectivity index (χ2v) is 9.64. The number of sulfonamides is 1. The molecule has 1 aliphatic heterocycles. The second-order valence-electron chi connectivity index (χ2n) is 5.89. The molecule has 1 heterocycles. The van der Waals surface area contributed by atoms with Crippen LogP contribution in [0.15, 0.2) is 29.3 Å². The van der Waals surface area contributed by atoms with Crippen LogP contribution in [0, 0.1) is 0 Å². The Morgan fingerprint density at radius 3 is 2.77 bits per heavy atom. The summed E-state index contributed by atoms with van der Waals surface area (Å²) in [5.41, 5.74) is 1.14. The van der Waals surface area contributed by atoms with Crippen molar-refractivity contribution in [3.8, 4) is 0 Å². The third kappa shape index (κ3) is 7.34. The van der Waals surface area contributed by atoms with E-state index in [1.807, 2.05) is 31.2 Å². The zero-order chi connectivity index (χ0) is 18.8. The van der Waals surface area contributed by atoms with E-state index in [1.165, 1.54) is 0 Å². The average Bonchev–Trinajstić information content (AvgIpc) is 2.62. The first-order chi connectivity index (χ1) is 12.5. The van der Waals surface area contributed by atoms with Gasteiger partial charge in [0, 0.05) is 42.7 Å². The SMILES string of the molecule is CCNC(=NCCS(=O)(=O)N1CCSCC1)NCCc1cccc(Cl)c1. The number of nitrogens with zero attached hydrogens (tertiary/aromatic N) is 2. The number of hydrogen-bond acceptors (Lipinski definition) is 4. The van der Waals surface area contributed by atoms with E-state index in [0.29, 0.717) is 25.6 Å². The molecule has 0 saturated carbocycles. The van der Waals surface area contributed by atoms with Crippen molar-refractivity contribution in [2.75, 3.05) is 50.0 Å². The number of rotatable bonds is 8. The summed E-state index contributed by atoms with van der Waals surface area (Å²) in [4.78, 5) is 4.40. The lowest BCUT2D eigenvalue weighted by Crippen LogP contribution is -2.41. The van der Waals surface area contributed by atoms with Gasteiger partial charge >= 0.3 is 0 Å². The molecule has 6 nitrogen and oxygen atoms in total. The summed E-state index contributed by atoms with van der Waals surface area (Å²) in [6, 6.07) is 7.75. The van der Waals surface area contributed by atoms with Crippen LogP contribution < -0.4 is 10.6 Å². The molecule has 0 spiro atoms.